The normalized spacial score (nSPS) is 20.7. The molecule has 1 aliphatic heterocycles. The van der Waals surface area contributed by atoms with Crippen LogP contribution >= 0.6 is 0 Å². The van der Waals surface area contributed by atoms with Crippen LogP contribution in [0.3, 0.4) is 0 Å². The number of benzene rings is 1. The van der Waals surface area contributed by atoms with Gasteiger partial charge in [0.1, 0.15) is 11.9 Å². The van der Waals surface area contributed by atoms with Crippen molar-refractivity contribution in [2.45, 2.75) is 83.3 Å². The lowest BCUT2D eigenvalue weighted by Gasteiger charge is -2.35. The van der Waals surface area contributed by atoms with E-state index in [1.54, 1.807) is 30.3 Å². The van der Waals surface area contributed by atoms with Gasteiger partial charge in [-0.15, -0.1) is 4.33 Å². The molecule has 1 saturated carbocycles. The van der Waals surface area contributed by atoms with Gasteiger partial charge < -0.3 is 10.1 Å². The second kappa shape index (κ2) is 14.4. The molecule has 11 nitrogen and oxygen atoms in total. The summed E-state index contributed by atoms with van der Waals surface area (Å²) in [6.07, 6.45) is -1.84. The van der Waals surface area contributed by atoms with E-state index in [1.807, 2.05) is 13.8 Å². The highest BCUT2D eigenvalue weighted by molar-refractivity contribution is 7.86. The third-order valence-corrected chi connectivity index (χ3v) is 8.58. The molecule has 2 fully saturated rings. The number of halogens is 2. The van der Waals surface area contributed by atoms with Crippen molar-refractivity contribution in [3.8, 4) is 0 Å². The lowest BCUT2D eigenvalue weighted by Crippen LogP contribution is -2.55. The van der Waals surface area contributed by atoms with Crippen LogP contribution < -0.4 is 10.7 Å². The smallest absolute Gasteiger partial charge is 0.426 e. The Labute approximate surface area is 239 Å². The number of hydrogen-bond donors (Lipinski definition) is 3. The van der Waals surface area contributed by atoms with Crippen molar-refractivity contribution in [1.82, 2.24) is 15.8 Å². The SMILES string of the molecule is CC(C)CCC(=O)N(NC(=O)OC(c1ccccc1)C1CCC(F)(F)CC1)[C@@H](CC1CCNC1=O)CS(=O)(=O)OO. The van der Waals surface area contributed by atoms with Gasteiger partial charge in [0, 0.05) is 37.6 Å². The van der Waals surface area contributed by atoms with Crippen molar-refractivity contribution >= 4 is 28.0 Å². The van der Waals surface area contributed by atoms with Crippen LogP contribution in [0.5, 0.6) is 0 Å². The second-order valence-electron chi connectivity index (χ2n) is 11.2. The van der Waals surface area contributed by atoms with E-state index in [1.165, 1.54) is 0 Å². The molecule has 41 heavy (non-hydrogen) atoms. The summed E-state index contributed by atoms with van der Waals surface area (Å²) in [5, 5.41) is 12.4. The maximum absolute atomic E-state index is 13.9. The lowest BCUT2D eigenvalue weighted by molar-refractivity contribution is -0.139. The Kier molecular flexibility index (Phi) is 11.4. The summed E-state index contributed by atoms with van der Waals surface area (Å²) in [6, 6.07) is 7.36. The summed E-state index contributed by atoms with van der Waals surface area (Å²) >= 11 is 0. The second-order valence-corrected chi connectivity index (χ2v) is 12.8. The molecule has 1 heterocycles. The van der Waals surface area contributed by atoms with Crippen LogP contribution in [0, 0.1) is 17.8 Å². The number of carbonyl (C=O) groups is 3. The number of nitrogens with one attached hydrogen (secondary N) is 2. The molecule has 1 aromatic rings. The van der Waals surface area contributed by atoms with Crippen molar-refractivity contribution in [2.75, 3.05) is 12.3 Å². The van der Waals surface area contributed by atoms with Crippen molar-refractivity contribution in [2.24, 2.45) is 17.8 Å². The first kappa shape index (κ1) is 32.7. The molecule has 3 N–H and O–H groups in total. The van der Waals surface area contributed by atoms with E-state index < -0.39 is 57.8 Å². The van der Waals surface area contributed by atoms with Crippen LogP contribution in [0.25, 0.3) is 0 Å². The van der Waals surface area contributed by atoms with E-state index in [9.17, 15) is 31.6 Å². The molecule has 14 heteroatoms. The van der Waals surface area contributed by atoms with Gasteiger partial charge in [-0.05, 0) is 43.6 Å². The minimum absolute atomic E-state index is 0.0504. The molecule has 1 saturated heterocycles. The Morgan fingerprint density at radius 2 is 1.83 bits per heavy atom. The Bertz CT molecular complexity index is 1140. The lowest BCUT2D eigenvalue weighted by atomic mass is 9.81. The number of alkyl halides is 2. The Balaban J connectivity index is 1.87. The van der Waals surface area contributed by atoms with Crippen LogP contribution in [0.4, 0.5) is 13.6 Å². The number of ether oxygens (including phenoxy) is 1. The van der Waals surface area contributed by atoms with E-state index in [0.717, 1.165) is 5.01 Å². The van der Waals surface area contributed by atoms with Crippen molar-refractivity contribution in [3.63, 3.8) is 0 Å². The largest absolute Gasteiger partial charge is 0.440 e. The summed E-state index contributed by atoms with van der Waals surface area (Å²) in [6.45, 7) is 4.15. The first-order valence-electron chi connectivity index (χ1n) is 13.9. The monoisotopic (exact) mass is 603 g/mol. The standard InChI is InChI=1S/C27H39F2N3O8S/c1-18(2)8-9-23(33)32(22(17-41(37,38)40-36)16-21-12-15-30-25(21)34)31-26(35)39-24(19-6-4-3-5-7-19)20-10-13-27(28,29)14-11-20/h3-7,18,20-22,24,36H,8-17H2,1-2H3,(H,30,34)(H,31,35)/t21?,22-,24?/m0/s1. The number of hydrogen-bond acceptors (Lipinski definition) is 8. The average molecular weight is 604 g/mol. The van der Waals surface area contributed by atoms with Crippen LogP contribution in [0.15, 0.2) is 30.3 Å². The summed E-state index contributed by atoms with van der Waals surface area (Å²) in [5.74, 6) is -5.58. The van der Waals surface area contributed by atoms with Crippen LogP contribution in [-0.2, 0) is 28.8 Å². The van der Waals surface area contributed by atoms with Crippen LogP contribution in [-0.4, -0.2) is 60.9 Å². The molecular formula is C27H39F2N3O8S. The highest BCUT2D eigenvalue weighted by atomic mass is 32.2. The highest BCUT2D eigenvalue weighted by Crippen LogP contribution is 2.42. The molecule has 230 valence electrons. The van der Waals surface area contributed by atoms with Gasteiger partial charge in [0.25, 0.3) is 10.1 Å². The number of amides is 3. The predicted octanol–water partition coefficient (Wildman–Crippen LogP) is 4.17. The molecule has 1 aromatic carbocycles. The fraction of sp³-hybridized carbons (Fsp3) is 0.667. The molecule has 2 aliphatic rings. The summed E-state index contributed by atoms with van der Waals surface area (Å²) in [7, 11) is -4.55. The average Bonchev–Trinajstić information content (AvgIpc) is 3.33. The number of nitrogens with zero attached hydrogens (tertiary/aromatic N) is 1. The first-order valence-corrected chi connectivity index (χ1v) is 15.4. The van der Waals surface area contributed by atoms with Gasteiger partial charge in [0.2, 0.25) is 17.7 Å². The van der Waals surface area contributed by atoms with Crippen molar-refractivity contribution < 1.29 is 45.9 Å². The van der Waals surface area contributed by atoms with Gasteiger partial charge in [0.15, 0.2) is 0 Å². The van der Waals surface area contributed by atoms with Gasteiger partial charge in [-0.25, -0.2) is 29.3 Å². The topological polar surface area (TPSA) is 151 Å². The van der Waals surface area contributed by atoms with Gasteiger partial charge in [0.05, 0.1) is 6.04 Å². The van der Waals surface area contributed by atoms with Gasteiger partial charge >= 0.3 is 6.09 Å². The molecular weight excluding hydrogens is 564 g/mol. The van der Waals surface area contributed by atoms with Crippen molar-refractivity contribution in [1.29, 1.82) is 0 Å². The molecule has 3 rings (SSSR count). The Morgan fingerprint density at radius 1 is 1.17 bits per heavy atom. The zero-order valence-electron chi connectivity index (χ0n) is 23.3. The van der Waals surface area contributed by atoms with E-state index in [0.29, 0.717) is 24.9 Å². The fourth-order valence-corrected chi connectivity index (χ4v) is 6.10. The molecule has 0 bridgehead atoms. The summed E-state index contributed by atoms with van der Waals surface area (Å²) in [4.78, 5) is 39.0. The fourth-order valence-electron chi connectivity index (χ4n) is 5.29. The maximum Gasteiger partial charge on any atom is 0.426 e. The third kappa shape index (κ3) is 9.89. The Morgan fingerprint density at radius 3 is 2.39 bits per heavy atom. The Hall–Kier alpha value is -2.84. The summed E-state index contributed by atoms with van der Waals surface area (Å²) in [5.41, 5.74) is 2.96. The number of hydrazine groups is 1. The predicted molar refractivity (Wildman–Crippen MR) is 144 cm³/mol. The quantitative estimate of drug-likeness (QED) is 0.238. The zero-order valence-corrected chi connectivity index (χ0v) is 24.1. The van der Waals surface area contributed by atoms with E-state index >= 15 is 0 Å². The minimum atomic E-state index is -4.55. The molecule has 3 amide bonds. The van der Waals surface area contributed by atoms with Crippen LogP contribution in [0.1, 0.15) is 76.9 Å². The minimum Gasteiger partial charge on any atom is -0.440 e. The molecule has 0 spiro atoms. The van der Waals surface area contributed by atoms with Gasteiger partial charge in [-0.3, -0.25) is 9.59 Å². The van der Waals surface area contributed by atoms with E-state index in [2.05, 4.69) is 15.1 Å². The molecule has 0 aromatic heterocycles. The van der Waals surface area contributed by atoms with Gasteiger partial charge in [-0.2, -0.15) is 8.42 Å². The van der Waals surface area contributed by atoms with Gasteiger partial charge in [-0.1, -0.05) is 44.2 Å². The summed E-state index contributed by atoms with van der Waals surface area (Å²) < 4.78 is 61.6. The van der Waals surface area contributed by atoms with Crippen molar-refractivity contribution in [3.05, 3.63) is 35.9 Å². The van der Waals surface area contributed by atoms with E-state index in [-0.39, 0.29) is 50.4 Å². The molecule has 2 unspecified atom stereocenters. The zero-order chi connectivity index (χ0) is 30.2. The first-order chi connectivity index (χ1) is 19.3. The molecule has 0 radical (unpaired) electrons. The number of rotatable bonds is 12. The third-order valence-electron chi connectivity index (χ3n) is 7.56. The number of carbonyl (C=O) groups excluding carboxylic acids is 3. The highest BCUT2D eigenvalue weighted by Gasteiger charge is 2.40. The van der Waals surface area contributed by atoms with Crippen LogP contribution in [0.2, 0.25) is 0 Å². The van der Waals surface area contributed by atoms with E-state index in [4.69, 9.17) is 9.99 Å². The maximum atomic E-state index is 13.9. The molecule has 3 atom stereocenters. The molecule has 1 aliphatic carbocycles.